The average Bonchev–Trinajstić information content (AvgIpc) is 2.40. The zero-order chi connectivity index (χ0) is 12.8. The highest BCUT2D eigenvalue weighted by Crippen LogP contribution is 2.04. The molecular weight excluding hydrogens is 236 g/mol. The average molecular weight is 258 g/mol. The predicted octanol–water partition coefficient (Wildman–Crippen LogP) is -0.761. The molecule has 0 saturated carbocycles. The summed E-state index contributed by atoms with van der Waals surface area (Å²) in [6, 6.07) is 0. The summed E-state index contributed by atoms with van der Waals surface area (Å²) in [6.45, 7) is 6.87. The van der Waals surface area contributed by atoms with E-state index in [0.29, 0.717) is 32.9 Å². The van der Waals surface area contributed by atoms with Crippen LogP contribution in [0.2, 0.25) is 0 Å². The van der Waals surface area contributed by atoms with Crippen LogP contribution >= 0.6 is 0 Å². The van der Waals surface area contributed by atoms with Gasteiger partial charge in [0, 0.05) is 26.2 Å². The minimum absolute atomic E-state index is 0.0371. The molecule has 2 unspecified atom stereocenters. The van der Waals surface area contributed by atoms with Crippen LogP contribution in [-0.2, 0) is 19.0 Å². The third kappa shape index (κ3) is 4.20. The van der Waals surface area contributed by atoms with Crippen molar-refractivity contribution in [3.8, 4) is 0 Å². The van der Waals surface area contributed by atoms with E-state index in [9.17, 15) is 4.79 Å². The fourth-order valence-electron chi connectivity index (χ4n) is 2.15. The largest absolute Gasteiger partial charge is 0.378 e. The molecule has 2 heterocycles. The maximum Gasteiger partial charge on any atom is 0.248 e. The van der Waals surface area contributed by atoms with Crippen LogP contribution in [0.25, 0.3) is 0 Å². The van der Waals surface area contributed by atoms with E-state index >= 15 is 0 Å². The van der Waals surface area contributed by atoms with E-state index < -0.39 is 0 Å². The van der Waals surface area contributed by atoms with Crippen molar-refractivity contribution in [2.45, 2.75) is 19.1 Å². The van der Waals surface area contributed by atoms with E-state index in [1.165, 1.54) is 0 Å². The first kappa shape index (κ1) is 13.7. The topological polar surface area (TPSA) is 60.0 Å². The van der Waals surface area contributed by atoms with Crippen molar-refractivity contribution in [1.82, 2.24) is 10.2 Å². The zero-order valence-electron chi connectivity index (χ0n) is 10.9. The molecule has 2 aliphatic rings. The van der Waals surface area contributed by atoms with Gasteiger partial charge in [-0.15, -0.1) is 0 Å². The first-order valence-corrected chi connectivity index (χ1v) is 6.55. The van der Waals surface area contributed by atoms with E-state index in [2.05, 4.69) is 5.32 Å². The van der Waals surface area contributed by atoms with Gasteiger partial charge in [-0.3, -0.25) is 4.79 Å². The van der Waals surface area contributed by atoms with Crippen molar-refractivity contribution in [2.75, 3.05) is 52.6 Å². The molecule has 2 saturated heterocycles. The minimum Gasteiger partial charge on any atom is -0.378 e. The fourth-order valence-corrected chi connectivity index (χ4v) is 2.15. The van der Waals surface area contributed by atoms with E-state index in [1.807, 2.05) is 6.92 Å². The van der Waals surface area contributed by atoms with Crippen LogP contribution in [0.15, 0.2) is 0 Å². The van der Waals surface area contributed by atoms with E-state index in [1.54, 1.807) is 4.90 Å². The lowest BCUT2D eigenvalue weighted by Crippen LogP contribution is -2.46. The Morgan fingerprint density at radius 2 is 2.17 bits per heavy atom. The normalized spacial score (nSPS) is 29.3. The Bertz CT molecular complexity index is 269. The Hall–Kier alpha value is -0.690. The van der Waals surface area contributed by atoms with Crippen LogP contribution in [-0.4, -0.2) is 75.6 Å². The van der Waals surface area contributed by atoms with Gasteiger partial charge in [-0.25, -0.2) is 0 Å². The molecule has 6 nitrogen and oxygen atoms in total. The molecule has 2 rings (SSSR count). The molecule has 0 aromatic heterocycles. The van der Waals surface area contributed by atoms with Gasteiger partial charge in [-0.2, -0.15) is 0 Å². The molecule has 2 fully saturated rings. The van der Waals surface area contributed by atoms with Gasteiger partial charge >= 0.3 is 0 Å². The summed E-state index contributed by atoms with van der Waals surface area (Å²) in [4.78, 5) is 13.6. The summed E-state index contributed by atoms with van der Waals surface area (Å²) in [6.07, 6.45) is 0.258. The summed E-state index contributed by atoms with van der Waals surface area (Å²) in [5.41, 5.74) is 0. The zero-order valence-corrected chi connectivity index (χ0v) is 10.9. The quantitative estimate of drug-likeness (QED) is 0.718. The van der Waals surface area contributed by atoms with Gasteiger partial charge in [0.05, 0.1) is 32.0 Å². The summed E-state index contributed by atoms with van der Waals surface area (Å²) in [5.74, 6) is 0.0371. The van der Waals surface area contributed by atoms with E-state index in [0.717, 1.165) is 13.1 Å². The first-order valence-electron chi connectivity index (χ1n) is 6.55. The maximum absolute atomic E-state index is 11.8. The van der Waals surface area contributed by atoms with Gasteiger partial charge in [0.25, 0.3) is 0 Å². The van der Waals surface area contributed by atoms with Crippen LogP contribution < -0.4 is 5.32 Å². The number of amides is 1. The van der Waals surface area contributed by atoms with Crippen LogP contribution in [0.5, 0.6) is 0 Å². The molecule has 6 heteroatoms. The number of rotatable bonds is 4. The molecule has 18 heavy (non-hydrogen) atoms. The third-order valence-electron chi connectivity index (χ3n) is 3.12. The Balaban J connectivity index is 1.60. The van der Waals surface area contributed by atoms with Crippen LogP contribution in [0, 0.1) is 0 Å². The summed E-state index contributed by atoms with van der Waals surface area (Å²) in [7, 11) is 0. The molecule has 0 aromatic rings. The molecule has 2 atom stereocenters. The Labute approximate surface area is 108 Å². The highest BCUT2D eigenvalue weighted by molar-refractivity contribution is 5.77. The number of nitrogens with one attached hydrogen (secondary N) is 1. The highest BCUT2D eigenvalue weighted by Gasteiger charge is 2.20. The lowest BCUT2D eigenvalue weighted by Gasteiger charge is -2.29. The van der Waals surface area contributed by atoms with Gasteiger partial charge in [-0.05, 0) is 6.92 Å². The minimum atomic E-state index is 0.0371. The molecule has 0 radical (unpaired) electrons. The molecule has 2 aliphatic heterocycles. The van der Waals surface area contributed by atoms with E-state index in [4.69, 9.17) is 14.2 Å². The van der Waals surface area contributed by atoms with Crippen molar-refractivity contribution in [3.05, 3.63) is 0 Å². The van der Waals surface area contributed by atoms with Crippen molar-refractivity contribution in [1.29, 1.82) is 0 Å². The SMILES string of the molecule is CC1CNCC(COCC(=O)N2CCOCC2)O1. The summed E-state index contributed by atoms with van der Waals surface area (Å²) < 4.78 is 16.3. The van der Waals surface area contributed by atoms with E-state index in [-0.39, 0.29) is 24.7 Å². The Morgan fingerprint density at radius 3 is 2.89 bits per heavy atom. The number of hydrogen-bond acceptors (Lipinski definition) is 5. The lowest BCUT2D eigenvalue weighted by molar-refractivity contribution is -0.142. The third-order valence-corrected chi connectivity index (χ3v) is 3.12. The molecule has 104 valence electrons. The van der Waals surface area contributed by atoms with Crippen LogP contribution in [0.4, 0.5) is 0 Å². The lowest BCUT2D eigenvalue weighted by atomic mass is 10.2. The summed E-state index contributed by atoms with van der Waals surface area (Å²) >= 11 is 0. The van der Waals surface area contributed by atoms with Gasteiger partial charge in [0.2, 0.25) is 5.91 Å². The number of nitrogens with zero attached hydrogens (tertiary/aromatic N) is 1. The second-order valence-corrected chi connectivity index (χ2v) is 4.74. The van der Waals surface area contributed by atoms with Crippen molar-refractivity contribution in [2.24, 2.45) is 0 Å². The van der Waals surface area contributed by atoms with Crippen molar-refractivity contribution >= 4 is 5.91 Å². The standard InChI is InChI=1S/C12H22N2O4/c1-10-6-13-7-11(18-10)8-17-9-12(15)14-2-4-16-5-3-14/h10-11,13H,2-9H2,1H3. The monoisotopic (exact) mass is 258 g/mol. The van der Waals surface area contributed by atoms with Crippen LogP contribution in [0.1, 0.15) is 6.92 Å². The molecule has 0 aliphatic carbocycles. The maximum atomic E-state index is 11.8. The Kier molecular flexibility index (Phi) is 5.37. The highest BCUT2D eigenvalue weighted by atomic mass is 16.5. The summed E-state index contributed by atoms with van der Waals surface area (Å²) in [5, 5.41) is 3.27. The molecular formula is C12H22N2O4. The molecule has 0 spiro atoms. The first-order chi connectivity index (χ1) is 8.75. The molecule has 0 bridgehead atoms. The van der Waals surface area contributed by atoms with Gasteiger partial charge in [-0.1, -0.05) is 0 Å². The van der Waals surface area contributed by atoms with Crippen molar-refractivity contribution < 1.29 is 19.0 Å². The van der Waals surface area contributed by atoms with Crippen molar-refractivity contribution in [3.63, 3.8) is 0 Å². The van der Waals surface area contributed by atoms with Gasteiger partial charge in [0.15, 0.2) is 0 Å². The van der Waals surface area contributed by atoms with Gasteiger partial charge in [0.1, 0.15) is 6.61 Å². The molecule has 1 amide bonds. The fraction of sp³-hybridized carbons (Fsp3) is 0.917. The Morgan fingerprint density at radius 1 is 1.39 bits per heavy atom. The number of carbonyl (C=O) groups is 1. The van der Waals surface area contributed by atoms with Gasteiger partial charge < -0.3 is 24.4 Å². The second-order valence-electron chi connectivity index (χ2n) is 4.74. The number of ether oxygens (including phenoxy) is 3. The number of hydrogen-bond donors (Lipinski definition) is 1. The van der Waals surface area contributed by atoms with Crippen LogP contribution in [0.3, 0.4) is 0 Å². The predicted molar refractivity (Wildman–Crippen MR) is 65.4 cm³/mol. The number of morpholine rings is 2. The molecule has 1 N–H and O–H groups in total. The number of carbonyl (C=O) groups excluding carboxylic acids is 1. The second kappa shape index (κ2) is 7.04. The smallest absolute Gasteiger partial charge is 0.248 e. The molecule has 0 aromatic carbocycles.